The first kappa shape index (κ1) is 31.1. The molecule has 222 valence electrons. The van der Waals surface area contributed by atoms with Gasteiger partial charge in [-0.1, -0.05) is 93.7 Å². The molecule has 43 heavy (non-hydrogen) atoms. The second-order valence-electron chi connectivity index (χ2n) is 10.2. The fourth-order valence-electron chi connectivity index (χ4n) is 5.03. The second-order valence-corrected chi connectivity index (χ2v) is 11.9. The second kappa shape index (κ2) is 14.4. The third kappa shape index (κ3) is 7.42. The molecule has 5 rings (SSSR count). The summed E-state index contributed by atoms with van der Waals surface area (Å²) in [7, 11) is 0. The number of nitrogens with one attached hydrogen (secondary N) is 1. The van der Waals surface area contributed by atoms with Crippen molar-refractivity contribution in [3.05, 3.63) is 134 Å². The predicted molar refractivity (Wildman–Crippen MR) is 174 cm³/mol. The number of halogens is 3. The summed E-state index contributed by atoms with van der Waals surface area (Å²) in [6.07, 6.45) is 0.689. The molecule has 9 heteroatoms. The van der Waals surface area contributed by atoms with Crippen LogP contribution in [-0.2, 0) is 22.4 Å². The number of aliphatic hydroxyl groups is 1. The lowest BCUT2D eigenvalue weighted by Gasteiger charge is -2.31. The van der Waals surface area contributed by atoms with Gasteiger partial charge in [0.2, 0.25) is 5.90 Å². The van der Waals surface area contributed by atoms with Crippen molar-refractivity contribution >= 4 is 50.9 Å². The van der Waals surface area contributed by atoms with Crippen LogP contribution in [0.5, 0.6) is 5.75 Å². The maximum absolute atomic E-state index is 14.4. The Morgan fingerprint density at radius 3 is 2.44 bits per heavy atom. The maximum Gasteiger partial charge on any atom is 0.252 e. The fourth-order valence-corrected chi connectivity index (χ4v) is 5.96. The quantitative estimate of drug-likeness (QED) is 0.153. The molecular weight excluding hydrogens is 651 g/mol. The van der Waals surface area contributed by atoms with Gasteiger partial charge in [-0.25, -0.2) is 4.99 Å². The van der Waals surface area contributed by atoms with E-state index in [0.717, 1.165) is 26.7 Å². The number of aliphatic imine (C=N–C) groups is 1. The molecule has 2 atom stereocenters. The molecule has 1 aliphatic heterocycles. The summed E-state index contributed by atoms with van der Waals surface area (Å²) in [5.41, 5.74) is 2.08. The number of hydrogen-bond donors (Lipinski definition) is 2. The van der Waals surface area contributed by atoms with E-state index in [-0.39, 0.29) is 12.5 Å². The van der Waals surface area contributed by atoms with E-state index in [0.29, 0.717) is 54.1 Å². The summed E-state index contributed by atoms with van der Waals surface area (Å²) in [6.45, 7) is 0.835. The van der Waals surface area contributed by atoms with Crippen LogP contribution in [0.25, 0.3) is 0 Å². The Morgan fingerprint density at radius 2 is 1.72 bits per heavy atom. The van der Waals surface area contributed by atoms with E-state index in [9.17, 15) is 4.79 Å². The number of ether oxygens (including phenoxy) is 2. The van der Waals surface area contributed by atoms with E-state index in [2.05, 4.69) is 21.2 Å². The van der Waals surface area contributed by atoms with Crippen molar-refractivity contribution in [2.75, 3.05) is 19.8 Å². The Kier molecular flexibility index (Phi) is 10.4. The number of rotatable bonds is 12. The lowest BCUT2D eigenvalue weighted by molar-refractivity contribution is -0.128. The third-order valence-electron chi connectivity index (χ3n) is 7.25. The Morgan fingerprint density at radius 1 is 0.977 bits per heavy atom. The van der Waals surface area contributed by atoms with Gasteiger partial charge in [0.05, 0.1) is 6.61 Å². The van der Waals surface area contributed by atoms with E-state index in [4.69, 9.17) is 42.8 Å². The highest BCUT2D eigenvalue weighted by molar-refractivity contribution is 9.10. The first-order valence-electron chi connectivity index (χ1n) is 14.0. The molecule has 1 heterocycles. The molecule has 0 radical (unpaired) electrons. The Bertz CT molecular complexity index is 1580. The number of carbonyl (C=O) groups is 1. The molecule has 4 aromatic rings. The van der Waals surface area contributed by atoms with Crippen LogP contribution >= 0.6 is 39.1 Å². The summed E-state index contributed by atoms with van der Waals surface area (Å²) in [6, 6.07) is 30.3. The molecule has 1 amide bonds. The molecule has 0 saturated heterocycles. The fraction of sp³-hybridized carbons (Fsp3) is 0.235. The van der Waals surface area contributed by atoms with Gasteiger partial charge in [0, 0.05) is 46.1 Å². The van der Waals surface area contributed by atoms with Gasteiger partial charge in [-0.3, -0.25) is 4.79 Å². The van der Waals surface area contributed by atoms with E-state index in [1.54, 1.807) is 12.1 Å². The average Bonchev–Trinajstić information content (AvgIpc) is 3.41. The number of aliphatic hydroxyl groups excluding tert-OH is 1. The standard InChI is InChI=1S/C34H31BrCl2N2O4/c35-29-10-5-4-9-26(29)22-34(33(41)38-18-17-23-11-14-27(36)21-30(23)37)31(24-7-2-1-3-8-24)43-32(39-34)25-12-15-28(16-13-25)42-20-6-19-40/h1-5,7-16,21,31,40H,6,17-20,22H2,(H,38,41)/t31-,34-/m1/s1. The first-order chi connectivity index (χ1) is 20.9. The zero-order valence-electron chi connectivity index (χ0n) is 23.3. The molecule has 0 bridgehead atoms. The van der Waals surface area contributed by atoms with E-state index in [1.807, 2.05) is 84.9 Å². The smallest absolute Gasteiger partial charge is 0.252 e. The van der Waals surface area contributed by atoms with Crippen LogP contribution in [0, 0.1) is 0 Å². The summed E-state index contributed by atoms with van der Waals surface area (Å²) in [4.78, 5) is 19.5. The van der Waals surface area contributed by atoms with Crippen LogP contribution in [0.15, 0.2) is 107 Å². The molecule has 2 N–H and O–H groups in total. The Hall–Kier alpha value is -3.36. The molecule has 0 unspecified atom stereocenters. The van der Waals surface area contributed by atoms with Crippen LogP contribution in [0.3, 0.4) is 0 Å². The van der Waals surface area contributed by atoms with Crippen LogP contribution in [0.1, 0.15) is 34.8 Å². The van der Waals surface area contributed by atoms with Gasteiger partial charge in [-0.2, -0.15) is 0 Å². The van der Waals surface area contributed by atoms with Crippen molar-refractivity contribution in [3.8, 4) is 5.75 Å². The number of nitrogens with zero attached hydrogens (tertiary/aromatic N) is 1. The van der Waals surface area contributed by atoms with Gasteiger partial charge < -0.3 is 19.9 Å². The van der Waals surface area contributed by atoms with E-state index >= 15 is 0 Å². The topological polar surface area (TPSA) is 80.2 Å². The van der Waals surface area contributed by atoms with Gasteiger partial charge in [-0.15, -0.1) is 0 Å². The molecule has 6 nitrogen and oxygen atoms in total. The minimum atomic E-state index is -1.30. The largest absolute Gasteiger partial charge is 0.494 e. The van der Waals surface area contributed by atoms with Gasteiger partial charge in [0.15, 0.2) is 11.6 Å². The van der Waals surface area contributed by atoms with Crippen LogP contribution in [0.4, 0.5) is 0 Å². The van der Waals surface area contributed by atoms with Crippen molar-refractivity contribution in [1.29, 1.82) is 0 Å². The van der Waals surface area contributed by atoms with E-state index in [1.165, 1.54) is 0 Å². The SMILES string of the molecule is O=C(NCCc1ccc(Cl)cc1Cl)[C@]1(Cc2ccccc2Br)N=C(c2ccc(OCCCO)cc2)O[C@@H]1c1ccccc1. The van der Waals surface area contributed by atoms with Gasteiger partial charge in [-0.05, 0) is 65.6 Å². The Labute approximate surface area is 269 Å². The number of amides is 1. The average molecular weight is 682 g/mol. The predicted octanol–water partition coefficient (Wildman–Crippen LogP) is 7.38. The van der Waals surface area contributed by atoms with E-state index < -0.39 is 11.6 Å². The van der Waals surface area contributed by atoms with Crippen LogP contribution in [0.2, 0.25) is 10.0 Å². The molecule has 1 aliphatic rings. The summed E-state index contributed by atoms with van der Waals surface area (Å²) < 4.78 is 13.2. The van der Waals surface area contributed by atoms with Crippen molar-refractivity contribution in [3.63, 3.8) is 0 Å². The van der Waals surface area contributed by atoms with Gasteiger partial charge in [0.25, 0.3) is 5.91 Å². The minimum Gasteiger partial charge on any atom is -0.494 e. The van der Waals surface area contributed by atoms with Gasteiger partial charge >= 0.3 is 0 Å². The molecule has 0 fully saturated rings. The molecule has 0 aromatic heterocycles. The van der Waals surface area contributed by atoms with Crippen molar-refractivity contribution in [2.45, 2.75) is 30.9 Å². The molecule has 0 aliphatic carbocycles. The third-order valence-corrected chi connectivity index (χ3v) is 8.61. The number of hydrogen-bond acceptors (Lipinski definition) is 5. The van der Waals surface area contributed by atoms with Crippen LogP contribution in [-0.4, -0.2) is 42.2 Å². The van der Waals surface area contributed by atoms with Gasteiger partial charge in [0.1, 0.15) is 5.75 Å². The normalized spacial score (nSPS) is 17.7. The molecule has 0 saturated carbocycles. The lowest BCUT2D eigenvalue weighted by atomic mass is 9.82. The zero-order valence-corrected chi connectivity index (χ0v) is 26.4. The Balaban J connectivity index is 1.50. The zero-order chi connectivity index (χ0) is 30.2. The molecular formula is C34H31BrCl2N2O4. The first-order valence-corrected chi connectivity index (χ1v) is 15.6. The highest BCUT2D eigenvalue weighted by atomic mass is 79.9. The molecule has 4 aromatic carbocycles. The summed E-state index contributed by atoms with van der Waals surface area (Å²) in [5, 5.41) is 13.3. The summed E-state index contributed by atoms with van der Waals surface area (Å²) >= 11 is 16.1. The van der Waals surface area contributed by atoms with Crippen molar-refractivity contribution in [1.82, 2.24) is 5.32 Å². The van der Waals surface area contributed by atoms with Crippen molar-refractivity contribution in [2.24, 2.45) is 4.99 Å². The monoisotopic (exact) mass is 680 g/mol. The maximum atomic E-state index is 14.4. The van der Waals surface area contributed by atoms with Crippen LogP contribution < -0.4 is 10.1 Å². The minimum absolute atomic E-state index is 0.0675. The van der Waals surface area contributed by atoms with Crippen molar-refractivity contribution < 1.29 is 19.4 Å². The highest BCUT2D eigenvalue weighted by Gasteiger charge is 2.53. The highest BCUT2D eigenvalue weighted by Crippen LogP contribution is 2.43. The number of carbonyl (C=O) groups excluding carboxylic acids is 1. The lowest BCUT2D eigenvalue weighted by Crippen LogP contribution is -2.50. The summed E-state index contributed by atoms with van der Waals surface area (Å²) in [5.74, 6) is 0.799. The molecule has 0 spiro atoms. The number of benzene rings is 4.